The molecule has 0 spiro atoms. The molecule has 0 heterocycles. The molecule has 0 radical (unpaired) electrons. The van der Waals surface area contributed by atoms with Gasteiger partial charge in [-0.15, -0.1) is 0 Å². The summed E-state index contributed by atoms with van der Waals surface area (Å²) in [5, 5.41) is 0. The molecule has 0 aromatic heterocycles. The van der Waals surface area contributed by atoms with E-state index in [1.807, 2.05) is 0 Å². The van der Waals surface area contributed by atoms with Crippen LogP contribution in [0.5, 0.6) is 0 Å². The Morgan fingerprint density at radius 1 is 1.14 bits per heavy atom. The molecule has 0 aromatic rings. The lowest BCUT2D eigenvalue weighted by molar-refractivity contribution is -0.150. The smallest absolute Gasteiger partial charge is 0.566 e. The first kappa shape index (κ1) is 13.3. The van der Waals surface area contributed by atoms with E-state index in [1.54, 1.807) is 0 Å². The van der Waals surface area contributed by atoms with Gasteiger partial charge in [-0.25, -0.2) is 4.79 Å². The molecule has 0 saturated carbocycles. The second-order valence-electron chi connectivity index (χ2n) is 2.47. The predicted molar refractivity (Wildman–Crippen MR) is 46.2 cm³/mol. The zero-order chi connectivity index (χ0) is 11.1. The van der Waals surface area contributed by atoms with Crippen LogP contribution in [0.3, 0.4) is 0 Å². The Bertz CT molecular complexity index is 234. The molecule has 0 N–H and O–H groups in total. The van der Waals surface area contributed by atoms with Crippen molar-refractivity contribution in [1.29, 1.82) is 0 Å². The van der Waals surface area contributed by atoms with Gasteiger partial charge in [0.05, 0.1) is 6.42 Å². The number of hydrogen-bond acceptors (Lipinski definition) is 6. The Morgan fingerprint density at radius 2 is 1.64 bits per heavy atom. The van der Waals surface area contributed by atoms with Gasteiger partial charge in [-0.1, -0.05) is 0 Å². The van der Waals surface area contributed by atoms with E-state index >= 15 is 0 Å². The minimum atomic E-state index is -2.53. The van der Waals surface area contributed by atoms with Crippen molar-refractivity contribution in [1.82, 2.24) is 0 Å². The summed E-state index contributed by atoms with van der Waals surface area (Å²) >= 11 is -2.53. The highest BCUT2D eigenvalue weighted by atomic mass is 27.3. The van der Waals surface area contributed by atoms with Crippen LogP contribution in [0.4, 0.5) is 0 Å². The van der Waals surface area contributed by atoms with Gasteiger partial charge in [-0.2, -0.15) is 0 Å². The van der Waals surface area contributed by atoms with Crippen LogP contribution in [-0.4, -0.2) is 46.9 Å². The van der Waals surface area contributed by atoms with E-state index < -0.39 is 33.3 Å². The average Bonchev–Trinajstić information content (AvgIpc) is 2.12. The summed E-state index contributed by atoms with van der Waals surface area (Å²) in [6.45, 7) is 1.22. The van der Waals surface area contributed by atoms with Gasteiger partial charge in [0, 0.05) is 14.2 Å². The van der Waals surface area contributed by atoms with Crippen LogP contribution < -0.4 is 0 Å². The largest absolute Gasteiger partial charge is 1.00 e. The summed E-state index contributed by atoms with van der Waals surface area (Å²) in [5.74, 6) is -2.36. The van der Waals surface area contributed by atoms with E-state index in [0.717, 1.165) is 0 Å². The Kier molecular flexibility index (Phi) is 6.33. The fourth-order valence-corrected chi connectivity index (χ4v) is 1.33. The lowest BCUT2D eigenvalue weighted by Gasteiger charge is -2.06. The Morgan fingerprint density at radius 3 is 2.00 bits per heavy atom. The first-order chi connectivity index (χ1) is 6.51. The molecule has 7 heteroatoms. The molecule has 0 unspecified atom stereocenters. The summed E-state index contributed by atoms with van der Waals surface area (Å²) in [4.78, 5) is 32.4. The second-order valence-corrected chi connectivity index (χ2v) is 4.22. The van der Waals surface area contributed by atoms with Gasteiger partial charge in [0.1, 0.15) is 5.78 Å². The minimum Gasteiger partial charge on any atom is -0.566 e. The van der Waals surface area contributed by atoms with Crippen LogP contribution in [0.25, 0.3) is 0 Å². The number of Topliss-reactive ketones (excluding diaryl/α,β-unsaturated/α-hetero) is 2. The summed E-state index contributed by atoms with van der Waals surface area (Å²) in [7, 11) is 2.62. The quantitative estimate of drug-likeness (QED) is 0.335. The molecule has 14 heavy (non-hydrogen) atoms. The highest BCUT2D eigenvalue weighted by molar-refractivity contribution is 6.47. The van der Waals surface area contributed by atoms with Crippen molar-refractivity contribution in [2.75, 3.05) is 14.2 Å². The maximum Gasteiger partial charge on any atom is 1.00 e. The van der Waals surface area contributed by atoms with Crippen LogP contribution in [0.15, 0.2) is 0 Å². The van der Waals surface area contributed by atoms with Gasteiger partial charge in [0.2, 0.25) is 5.78 Å². The van der Waals surface area contributed by atoms with Gasteiger partial charge in [0.15, 0.2) is 0 Å². The van der Waals surface area contributed by atoms with Crippen LogP contribution in [0.2, 0.25) is 0 Å². The highest BCUT2D eigenvalue weighted by Gasteiger charge is 2.36. The van der Waals surface area contributed by atoms with Crippen molar-refractivity contribution in [3.63, 3.8) is 0 Å². The molecule has 6 nitrogen and oxygen atoms in total. The van der Waals surface area contributed by atoms with Gasteiger partial charge in [-0.3, -0.25) is 9.59 Å². The Balaban J connectivity index is 4.06. The zero-order valence-corrected chi connectivity index (χ0v) is 9.39. The molecule has 0 fully saturated rings. The molecule has 0 aliphatic heterocycles. The van der Waals surface area contributed by atoms with Crippen LogP contribution in [-0.2, 0) is 25.7 Å². The van der Waals surface area contributed by atoms with Gasteiger partial charge in [0.25, 0.3) is 0 Å². The lowest BCUT2D eigenvalue weighted by Crippen LogP contribution is -2.31. The van der Waals surface area contributed by atoms with E-state index in [1.165, 1.54) is 21.1 Å². The molecule has 0 aliphatic carbocycles. The minimum absolute atomic E-state index is 0.389. The predicted octanol–water partition coefficient (Wildman–Crippen LogP) is -0.645. The molecule has 0 rings (SSSR count). The van der Waals surface area contributed by atoms with Crippen LogP contribution in [0.1, 0.15) is 13.3 Å². The Hall–Kier alpha value is -0.738. The normalized spacial score (nSPS) is 9.36. The molecule has 78 valence electrons. The fraction of sp³-hybridized carbons (Fsp3) is 0.571. The number of rotatable bonds is 6. The van der Waals surface area contributed by atoms with Crippen LogP contribution in [0, 0.1) is 0 Å². The summed E-state index contributed by atoms with van der Waals surface area (Å²) in [6.07, 6.45) is -0.451. The Labute approximate surface area is 86.5 Å². The molecule has 0 atom stereocenters. The van der Waals surface area contributed by atoms with Crippen molar-refractivity contribution < 1.29 is 25.7 Å². The first-order valence-corrected chi connectivity index (χ1v) is 5.21. The van der Waals surface area contributed by atoms with Crippen molar-refractivity contribution in [3.05, 3.63) is 0 Å². The van der Waals surface area contributed by atoms with E-state index in [-0.39, 0.29) is 5.78 Å². The average molecular weight is 218 g/mol. The van der Waals surface area contributed by atoms with Gasteiger partial charge in [-0.05, 0) is 6.92 Å². The first-order valence-electron chi connectivity index (χ1n) is 3.80. The maximum atomic E-state index is 11.0. The number of carbonyl (C=O) groups excluding carboxylic acids is 3. The van der Waals surface area contributed by atoms with Crippen molar-refractivity contribution >= 4 is 32.7 Å². The number of hydrogen-bond donors (Lipinski definition) is 0. The number of carbonyl (C=O) groups is 3. The molecule has 0 aliphatic rings. The molecule has 0 aromatic carbocycles. The van der Waals surface area contributed by atoms with Crippen molar-refractivity contribution in [3.8, 4) is 0 Å². The van der Waals surface area contributed by atoms with Gasteiger partial charge < -0.3 is 11.4 Å². The molecule has 0 amide bonds. The summed E-state index contributed by atoms with van der Waals surface area (Å²) in [6, 6.07) is 0. The van der Waals surface area contributed by atoms with E-state index in [9.17, 15) is 14.4 Å². The SMILES string of the molecule is C[O][Al]([O]C)[O]C(=O)C(=O)CC(C)=O. The van der Waals surface area contributed by atoms with Crippen LogP contribution >= 0.6 is 0 Å². The third-order valence-electron chi connectivity index (χ3n) is 1.23. The fourth-order valence-electron chi connectivity index (χ4n) is 0.644. The third kappa shape index (κ3) is 5.09. The highest BCUT2D eigenvalue weighted by Crippen LogP contribution is 1.94. The van der Waals surface area contributed by atoms with E-state index in [4.69, 9.17) is 0 Å². The van der Waals surface area contributed by atoms with E-state index in [0.29, 0.717) is 0 Å². The maximum absolute atomic E-state index is 11.0. The lowest BCUT2D eigenvalue weighted by atomic mass is 10.2. The van der Waals surface area contributed by atoms with E-state index in [2.05, 4.69) is 11.4 Å². The topological polar surface area (TPSA) is 78.9 Å². The zero-order valence-electron chi connectivity index (χ0n) is 8.23. The molecular formula is C7H11AlO6. The standard InChI is InChI=1S/C5H6O4.2CH3O.Al/c1-3(6)2-4(7)5(8)9;2*1-2;/h2H2,1H3,(H,8,9);2*1H3;/q;2*-1;+3/p-1. The number of ketones is 2. The second kappa shape index (κ2) is 6.68. The molecule has 0 bridgehead atoms. The van der Waals surface area contributed by atoms with Gasteiger partial charge >= 0.3 is 21.1 Å². The summed E-state index contributed by atoms with van der Waals surface area (Å²) < 4.78 is 13.9. The monoisotopic (exact) mass is 218 g/mol. The van der Waals surface area contributed by atoms with Crippen molar-refractivity contribution in [2.24, 2.45) is 0 Å². The van der Waals surface area contributed by atoms with Crippen molar-refractivity contribution in [2.45, 2.75) is 13.3 Å². The third-order valence-corrected chi connectivity index (χ3v) is 2.40. The summed E-state index contributed by atoms with van der Waals surface area (Å²) in [5.41, 5.74) is 0. The molecule has 0 saturated heterocycles. The molecular weight excluding hydrogens is 207 g/mol.